The van der Waals surface area contributed by atoms with E-state index in [-0.39, 0.29) is 17.6 Å². The molecule has 1 aromatic heterocycles. The number of halogens is 2. The number of aromatic nitrogens is 2. The van der Waals surface area contributed by atoms with Gasteiger partial charge in [0.05, 0.1) is 0 Å². The zero-order valence-electron chi connectivity index (χ0n) is 14.0. The first kappa shape index (κ1) is 17.3. The smallest absolute Gasteiger partial charge is 0.274 e. The van der Waals surface area contributed by atoms with E-state index in [2.05, 4.69) is 22.4 Å². The van der Waals surface area contributed by atoms with Crippen molar-refractivity contribution in [1.29, 1.82) is 0 Å². The number of nitrogens with zero attached hydrogens (tertiary/aromatic N) is 3. The van der Waals surface area contributed by atoms with E-state index in [0.717, 1.165) is 44.4 Å². The Labute approximate surface area is 145 Å². The molecular weight excluding hydrogens is 326 g/mol. The molecule has 0 aliphatic carbocycles. The Morgan fingerprint density at radius 3 is 2.72 bits per heavy atom. The average molecular weight is 346 g/mol. The molecule has 25 heavy (non-hydrogen) atoms. The molecule has 1 aliphatic rings. The van der Waals surface area contributed by atoms with Crippen LogP contribution in [0.2, 0.25) is 0 Å². The topological polar surface area (TPSA) is 58.1 Å². The molecular formula is C18H20F2N4O. The van der Waals surface area contributed by atoms with Gasteiger partial charge in [0.25, 0.3) is 5.91 Å². The van der Waals surface area contributed by atoms with E-state index >= 15 is 0 Å². The Morgan fingerprint density at radius 2 is 2.04 bits per heavy atom. The molecule has 0 bridgehead atoms. The van der Waals surface area contributed by atoms with Crippen LogP contribution in [0.1, 0.15) is 43.1 Å². The predicted octanol–water partition coefficient (Wildman–Crippen LogP) is 3.90. The largest absolute Gasteiger partial charge is 0.339 e. The number of carbonyl (C=O) groups excluding carboxylic acids is 1. The van der Waals surface area contributed by atoms with Gasteiger partial charge in [-0.2, -0.15) is 0 Å². The monoisotopic (exact) mass is 346 g/mol. The van der Waals surface area contributed by atoms with Crippen LogP contribution in [0.15, 0.2) is 30.3 Å². The highest BCUT2D eigenvalue weighted by molar-refractivity contribution is 5.92. The van der Waals surface area contributed by atoms with E-state index < -0.39 is 11.6 Å². The van der Waals surface area contributed by atoms with E-state index in [1.807, 2.05) is 4.90 Å². The molecule has 0 radical (unpaired) electrons. The molecule has 1 aromatic carbocycles. The molecule has 1 saturated heterocycles. The van der Waals surface area contributed by atoms with Crippen molar-refractivity contribution in [3.8, 4) is 0 Å². The molecule has 0 spiro atoms. The average Bonchev–Trinajstić information content (AvgIpc) is 2.65. The van der Waals surface area contributed by atoms with Gasteiger partial charge in [0.15, 0.2) is 23.1 Å². The number of anilines is 2. The Hall–Kier alpha value is -2.57. The van der Waals surface area contributed by atoms with Crippen LogP contribution in [-0.2, 0) is 0 Å². The van der Waals surface area contributed by atoms with Crippen molar-refractivity contribution < 1.29 is 13.6 Å². The molecule has 3 rings (SSSR count). The van der Waals surface area contributed by atoms with Crippen LogP contribution in [0.3, 0.4) is 0 Å². The standard InChI is InChI=1S/C18H20F2N4O/c1-2-13-5-3-4-10-24(13)18(25)16-8-9-17(23-22-16)21-12-6-7-14(19)15(20)11-12/h6-9,11,13H,2-5,10H2,1H3,(H,21,23). The second-order valence-electron chi connectivity index (χ2n) is 6.11. The van der Waals surface area contributed by atoms with Crippen LogP contribution in [0.4, 0.5) is 20.3 Å². The van der Waals surface area contributed by atoms with Crippen molar-refractivity contribution in [2.24, 2.45) is 0 Å². The number of likely N-dealkylation sites (tertiary alicyclic amines) is 1. The number of piperidine rings is 1. The maximum Gasteiger partial charge on any atom is 0.274 e. The number of benzene rings is 1. The Kier molecular flexibility index (Phi) is 5.21. The van der Waals surface area contributed by atoms with Crippen LogP contribution < -0.4 is 5.32 Å². The minimum atomic E-state index is -0.944. The lowest BCUT2D eigenvalue weighted by atomic mass is 9.99. The summed E-state index contributed by atoms with van der Waals surface area (Å²) in [5.74, 6) is -1.61. The summed E-state index contributed by atoms with van der Waals surface area (Å²) in [6.45, 7) is 2.82. The summed E-state index contributed by atoms with van der Waals surface area (Å²) in [4.78, 5) is 14.5. The van der Waals surface area contributed by atoms with E-state index in [0.29, 0.717) is 11.5 Å². The van der Waals surface area contributed by atoms with Crippen molar-refractivity contribution in [3.05, 3.63) is 47.7 Å². The van der Waals surface area contributed by atoms with Gasteiger partial charge in [0.2, 0.25) is 0 Å². The van der Waals surface area contributed by atoms with E-state index in [1.54, 1.807) is 12.1 Å². The van der Waals surface area contributed by atoms with Crippen LogP contribution in [-0.4, -0.2) is 33.6 Å². The summed E-state index contributed by atoms with van der Waals surface area (Å²) >= 11 is 0. The fraction of sp³-hybridized carbons (Fsp3) is 0.389. The third-order valence-corrected chi connectivity index (χ3v) is 4.43. The maximum absolute atomic E-state index is 13.2. The van der Waals surface area contributed by atoms with Gasteiger partial charge in [0.1, 0.15) is 0 Å². The third-order valence-electron chi connectivity index (χ3n) is 4.43. The first-order chi connectivity index (χ1) is 12.1. The molecule has 0 saturated carbocycles. The Bertz CT molecular complexity index is 751. The summed E-state index contributed by atoms with van der Waals surface area (Å²) in [7, 11) is 0. The van der Waals surface area contributed by atoms with Crippen molar-refractivity contribution in [2.75, 3.05) is 11.9 Å². The van der Waals surface area contributed by atoms with Crippen LogP contribution in [0.25, 0.3) is 0 Å². The first-order valence-electron chi connectivity index (χ1n) is 8.45. The van der Waals surface area contributed by atoms with Crippen LogP contribution >= 0.6 is 0 Å². The molecule has 2 aromatic rings. The third kappa shape index (κ3) is 3.92. The molecule has 132 valence electrons. The maximum atomic E-state index is 13.2. The van der Waals surface area contributed by atoms with Gasteiger partial charge in [0, 0.05) is 24.3 Å². The lowest BCUT2D eigenvalue weighted by Gasteiger charge is -2.34. The molecule has 1 N–H and O–H groups in total. The highest BCUT2D eigenvalue weighted by Crippen LogP contribution is 2.22. The number of rotatable bonds is 4. The first-order valence-corrected chi connectivity index (χ1v) is 8.45. The van der Waals surface area contributed by atoms with Crippen LogP contribution in [0, 0.1) is 11.6 Å². The zero-order chi connectivity index (χ0) is 17.8. The SMILES string of the molecule is CCC1CCCCN1C(=O)c1ccc(Nc2ccc(F)c(F)c2)nn1. The molecule has 1 aliphatic heterocycles. The molecule has 1 unspecified atom stereocenters. The fourth-order valence-corrected chi connectivity index (χ4v) is 3.07. The second-order valence-corrected chi connectivity index (χ2v) is 6.11. The molecule has 7 heteroatoms. The summed E-state index contributed by atoms with van der Waals surface area (Å²) in [5.41, 5.74) is 0.644. The van der Waals surface area contributed by atoms with Gasteiger partial charge in [-0.15, -0.1) is 10.2 Å². The lowest BCUT2D eigenvalue weighted by molar-refractivity contribution is 0.0601. The molecule has 1 atom stereocenters. The number of hydrogen-bond donors (Lipinski definition) is 1. The van der Waals surface area contributed by atoms with Gasteiger partial charge < -0.3 is 10.2 Å². The minimum absolute atomic E-state index is 0.113. The van der Waals surface area contributed by atoms with Gasteiger partial charge in [-0.25, -0.2) is 8.78 Å². The highest BCUT2D eigenvalue weighted by Gasteiger charge is 2.27. The van der Waals surface area contributed by atoms with Gasteiger partial charge in [-0.3, -0.25) is 4.79 Å². The number of amides is 1. The van der Waals surface area contributed by atoms with Gasteiger partial charge >= 0.3 is 0 Å². The van der Waals surface area contributed by atoms with Crippen molar-refractivity contribution >= 4 is 17.4 Å². The molecule has 2 heterocycles. The number of nitrogens with one attached hydrogen (secondary N) is 1. The minimum Gasteiger partial charge on any atom is -0.339 e. The van der Waals surface area contributed by atoms with Crippen LogP contribution in [0.5, 0.6) is 0 Å². The van der Waals surface area contributed by atoms with Crippen molar-refractivity contribution in [2.45, 2.75) is 38.6 Å². The summed E-state index contributed by atoms with van der Waals surface area (Å²) in [5, 5.41) is 10.8. The predicted molar refractivity (Wildman–Crippen MR) is 90.6 cm³/mol. The summed E-state index contributed by atoms with van der Waals surface area (Å²) < 4.78 is 26.2. The summed E-state index contributed by atoms with van der Waals surface area (Å²) in [6, 6.07) is 6.92. The zero-order valence-corrected chi connectivity index (χ0v) is 14.0. The molecule has 1 fully saturated rings. The molecule has 5 nitrogen and oxygen atoms in total. The van der Waals surface area contributed by atoms with E-state index in [1.165, 1.54) is 6.07 Å². The van der Waals surface area contributed by atoms with E-state index in [9.17, 15) is 13.6 Å². The number of hydrogen-bond acceptors (Lipinski definition) is 4. The Morgan fingerprint density at radius 1 is 1.20 bits per heavy atom. The van der Waals surface area contributed by atoms with E-state index in [4.69, 9.17) is 0 Å². The lowest BCUT2D eigenvalue weighted by Crippen LogP contribution is -2.43. The number of carbonyl (C=O) groups is 1. The quantitative estimate of drug-likeness (QED) is 0.912. The van der Waals surface area contributed by atoms with Crippen molar-refractivity contribution in [3.63, 3.8) is 0 Å². The fourth-order valence-electron chi connectivity index (χ4n) is 3.07. The normalized spacial score (nSPS) is 17.4. The highest BCUT2D eigenvalue weighted by atomic mass is 19.2. The van der Waals surface area contributed by atoms with Gasteiger partial charge in [-0.05, 0) is 49.9 Å². The molecule has 1 amide bonds. The van der Waals surface area contributed by atoms with Crippen molar-refractivity contribution in [1.82, 2.24) is 15.1 Å². The second kappa shape index (κ2) is 7.55. The van der Waals surface area contributed by atoms with Gasteiger partial charge in [-0.1, -0.05) is 6.92 Å². The summed E-state index contributed by atoms with van der Waals surface area (Å²) in [6.07, 6.45) is 4.09. The Balaban J connectivity index is 1.71.